The zero-order valence-electron chi connectivity index (χ0n) is 29.0. The molecule has 4 rings (SSSR count). The van der Waals surface area contributed by atoms with Crippen molar-refractivity contribution < 1.29 is 23.5 Å². The molecule has 3 heterocycles. The van der Waals surface area contributed by atoms with Crippen LogP contribution < -0.4 is 15.0 Å². The number of nitrogens with one attached hydrogen (secondary N) is 1. The molecule has 2 saturated heterocycles. The van der Waals surface area contributed by atoms with Crippen molar-refractivity contribution in [1.29, 1.82) is 0 Å². The van der Waals surface area contributed by atoms with Gasteiger partial charge in [-0.2, -0.15) is 0 Å². The summed E-state index contributed by atoms with van der Waals surface area (Å²) in [6.45, 7) is 22.0. The second-order valence-corrected chi connectivity index (χ2v) is 14.7. The first-order valence-electron chi connectivity index (χ1n) is 16.5. The average Bonchev–Trinajstić information content (AvgIpc) is 3.38. The van der Waals surface area contributed by atoms with Crippen molar-refractivity contribution in [2.24, 2.45) is 11.3 Å². The van der Waals surface area contributed by atoms with Crippen molar-refractivity contribution in [2.45, 2.75) is 105 Å². The topological polar surface area (TPSA) is 113 Å². The van der Waals surface area contributed by atoms with Crippen LogP contribution in [0, 0.1) is 17.2 Å². The highest BCUT2D eigenvalue weighted by molar-refractivity contribution is 5.97. The fourth-order valence-corrected chi connectivity index (χ4v) is 6.79. The largest absolute Gasteiger partial charge is 0.444 e. The first-order chi connectivity index (χ1) is 21.6. The van der Waals surface area contributed by atoms with Crippen LogP contribution in [0.1, 0.15) is 91.9 Å². The van der Waals surface area contributed by atoms with Crippen LogP contribution in [0.4, 0.5) is 15.0 Å². The maximum Gasteiger partial charge on any atom is 0.407 e. The maximum atomic E-state index is 14.4. The van der Waals surface area contributed by atoms with Gasteiger partial charge in [0, 0.05) is 56.3 Å². The van der Waals surface area contributed by atoms with Crippen LogP contribution in [0.15, 0.2) is 24.5 Å². The third kappa shape index (κ3) is 8.63. The van der Waals surface area contributed by atoms with Crippen LogP contribution in [0.2, 0.25) is 0 Å². The van der Waals surface area contributed by atoms with Gasteiger partial charge in [0.2, 0.25) is 0 Å². The van der Waals surface area contributed by atoms with E-state index in [2.05, 4.69) is 44.1 Å². The molecule has 11 nitrogen and oxygen atoms in total. The minimum atomic E-state index is -0.518. The second kappa shape index (κ2) is 14.5. The first-order valence-corrected chi connectivity index (χ1v) is 16.5. The summed E-state index contributed by atoms with van der Waals surface area (Å²) in [5, 5.41) is 11.1. The van der Waals surface area contributed by atoms with E-state index in [0.29, 0.717) is 24.3 Å². The third-order valence-corrected chi connectivity index (χ3v) is 8.70. The van der Waals surface area contributed by atoms with E-state index in [1.54, 1.807) is 4.90 Å². The van der Waals surface area contributed by atoms with Crippen LogP contribution in [0.5, 0.6) is 11.6 Å². The molecule has 0 bridgehead atoms. The molecule has 2 aliphatic heterocycles. The number of carbonyl (C=O) groups is 2. The molecule has 0 aliphatic carbocycles. The van der Waals surface area contributed by atoms with E-state index >= 15 is 0 Å². The number of alkyl carbamates (subject to hydrolysis) is 1. The lowest BCUT2D eigenvalue weighted by molar-refractivity contribution is -0.0339. The molecule has 254 valence electrons. The summed E-state index contributed by atoms with van der Waals surface area (Å²) in [4.78, 5) is 36.5. The van der Waals surface area contributed by atoms with E-state index in [0.717, 1.165) is 45.4 Å². The number of halogens is 1. The molecule has 1 spiro atoms. The van der Waals surface area contributed by atoms with Gasteiger partial charge in [-0.1, -0.05) is 13.8 Å². The van der Waals surface area contributed by atoms with Crippen LogP contribution >= 0.6 is 0 Å². The lowest BCUT2D eigenvalue weighted by Gasteiger charge is -2.53. The zero-order valence-corrected chi connectivity index (χ0v) is 29.0. The molecule has 2 fully saturated rings. The number of ether oxygens (including phenoxy) is 2. The van der Waals surface area contributed by atoms with Crippen molar-refractivity contribution in [2.75, 3.05) is 37.6 Å². The fraction of sp³-hybridized carbons (Fsp3) is 0.676. The second-order valence-electron chi connectivity index (χ2n) is 14.7. The van der Waals surface area contributed by atoms with Gasteiger partial charge in [0.15, 0.2) is 5.82 Å². The summed E-state index contributed by atoms with van der Waals surface area (Å²) in [6, 6.07) is 4.21. The zero-order chi connectivity index (χ0) is 33.8. The van der Waals surface area contributed by atoms with Crippen molar-refractivity contribution in [1.82, 2.24) is 30.3 Å². The normalized spacial score (nSPS) is 17.0. The summed E-state index contributed by atoms with van der Waals surface area (Å²) >= 11 is 0. The molecular weight excluding hydrogens is 589 g/mol. The van der Waals surface area contributed by atoms with Gasteiger partial charge in [0.25, 0.3) is 11.8 Å². The molecule has 1 unspecified atom stereocenters. The molecule has 0 radical (unpaired) electrons. The van der Waals surface area contributed by atoms with Gasteiger partial charge in [-0.3, -0.25) is 9.69 Å². The molecule has 12 heteroatoms. The number of aromatic nitrogens is 3. The van der Waals surface area contributed by atoms with E-state index in [9.17, 15) is 14.0 Å². The molecule has 1 atom stereocenters. The average molecular weight is 642 g/mol. The lowest BCUT2D eigenvalue weighted by atomic mass is 9.76. The Morgan fingerprint density at radius 3 is 2.41 bits per heavy atom. The summed E-state index contributed by atoms with van der Waals surface area (Å²) < 4.78 is 25.9. The molecule has 1 aromatic heterocycles. The number of likely N-dealkylation sites (tertiary alicyclic amines) is 1. The fourth-order valence-electron chi connectivity index (χ4n) is 6.79. The number of hydrogen-bond acceptors (Lipinski definition) is 9. The summed E-state index contributed by atoms with van der Waals surface area (Å²) in [6.07, 6.45) is 3.91. The molecular formula is C34H52FN7O4. The predicted octanol–water partition coefficient (Wildman–Crippen LogP) is 5.90. The number of carbonyl (C=O) groups excluding carboxylic acids is 2. The Bertz CT molecular complexity index is 1350. The first kappa shape index (κ1) is 35.3. The van der Waals surface area contributed by atoms with E-state index in [1.807, 2.05) is 48.5 Å². The quantitative estimate of drug-likeness (QED) is 0.283. The Labute approximate surface area is 273 Å². The Hall–Kier alpha value is -3.54. The molecule has 1 N–H and O–H groups in total. The van der Waals surface area contributed by atoms with Gasteiger partial charge < -0.3 is 24.6 Å². The van der Waals surface area contributed by atoms with Crippen LogP contribution in [0.25, 0.3) is 0 Å². The Balaban J connectivity index is 1.40. The van der Waals surface area contributed by atoms with Gasteiger partial charge in [-0.05, 0) is 91.8 Å². The molecule has 0 saturated carbocycles. The van der Waals surface area contributed by atoms with Crippen molar-refractivity contribution >= 4 is 17.8 Å². The maximum absolute atomic E-state index is 14.4. The van der Waals surface area contributed by atoms with Crippen LogP contribution in [-0.4, -0.2) is 93.4 Å². The standard InChI is InChI=1S/C34H52FN7O4/c1-22(2)27(11-10-15-36-32(44)46-33(7,8)9)41-19-34(20-41)14-16-40(18-34)29-30(39-38-21-37-29)45-28-13-12-25(35)17-26(28)31(43)42(23(3)4)24(5)6/h12-13,17,21-24,27H,10-11,14-16,18-20H2,1-9H3,(H,36,44). The minimum Gasteiger partial charge on any atom is -0.444 e. The predicted molar refractivity (Wildman–Crippen MR) is 176 cm³/mol. The molecule has 2 aliphatic rings. The van der Waals surface area contributed by atoms with Gasteiger partial charge >= 0.3 is 6.09 Å². The highest BCUT2D eigenvalue weighted by Crippen LogP contribution is 2.44. The monoisotopic (exact) mass is 641 g/mol. The van der Waals surface area contributed by atoms with Crippen LogP contribution in [0.3, 0.4) is 0 Å². The van der Waals surface area contributed by atoms with E-state index < -0.39 is 11.4 Å². The number of rotatable bonds is 12. The third-order valence-electron chi connectivity index (χ3n) is 8.70. The molecule has 2 amide bonds. The van der Waals surface area contributed by atoms with Gasteiger partial charge in [-0.25, -0.2) is 14.2 Å². The molecule has 2 aromatic rings. The number of hydrogen-bond donors (Lipinski definition) is 1. The summed E-state index contributed by atoms with van der Waals surface area (Å²) in [5.74, 6) is 0.618. The van der Waals surface area contributed by atoms with E-state index in [-0.39, 0.29) is 46.7 Å². The molecule has 1 aromatic carbocycles. The van der Waals surface area contributed by atoms with E-state index in [1.165, 1.54) is 24.5 Å². The van der Waals surface area contributed by atoms with Crippen molar-refractivity contribution in [3.63, 3.8) is 0 Å². The Morgan fingerprint density at radius 2 is 1.78 bits per heavy atom. The number of benzene rings is 1. The van der Waals surface area contributed by atoms with Gasteiger partial charge in [0.05, 0.1) is 5.56 Å². The highest BCUT2D eigenvalue weighted by Gasteiger charge is 2.50. The minimum absolute atomic E-state index is 0.0793. The highest BCUT2D eigenvalue weighted by atomic mass is 19.1. The number of amides is 2. The Morgan fingerprint density at radius 1 is 1.09 bits per heavy atom. The van der Waals surface area contributed by atoms with Crippen LogP contribution in [-0.2, 0) is 4.74 Å². The smallest absolute Gasteiger partial charge is 0.407 e. The number of anilines is 1. The summed E-state index contributed by atoms with van der Waals surface area (Å²) in [7, 11) is 0. The SMILES string of the molecule is CC(C)C(CCCNC(=O)OC(C)(C)C)N1CC2(CCN(c3ncnnc3Oc3ccc(F)cc3C(=O)N(C(C)C)C(C)C)C2)C1. The number of nitrogens with zero attached hydrogens (tertiary/aromatic N) is 6. The van der Waals surface area contributed by atoms with Gasteiger partial charge in [0.1, 0.15) is 23.5 Å². The van der Waals surface area contributed by atoms with Crippen molar-refractivity contribution in [3.05, 3.63) is 35.9 Å². The summed E-state index contributed by atoms with van der Waals surface area (Å²) in [5.41, 5.74) is -0.241. The lowest BCUT2D eigenvalue weighted by Crippen LogP contribution is -2.62. The molecule has 46 heavy (non-hydrogen) atoms. The van der Waals surface area contributed by atoms with Gasteiger partial charge in [-0.15, -0.1) is 10.2 Å². The van der Waals surface area contributed by atoms with Crippen molar-refractivity contribution in [3.8, 4) is 11.6 Å². The Kier molecular flexibility index (Phi) is 11.1. The van der Waals surface area contributed by atoms with E-state index in [4.69, 9.17) is 9.47 Å².